The molecule has 0 saturated heterocycles. The molecule has 0 bridgehead atoms. The minimum Gasteiger partial charge on any atom is -1.00 e. The summed E-state index contributed by atoms with van der Waals surface area (Å²) in [5, 5.41) is 4.39. The van der Waals surface area contributed by atoms with Gasteiger partial charge in [-0.05, 0) is 0 Å². The summed E-state index contributed by atoms with van der Waals surface area (Å²) in [6, 6.07) is 33.7. The quantitative estimate of drug-likeness (QED) is 0.224. The van der Waals surface area contributed by atoms with Gasteiger partial charge < -0.3 is 37.2 Å². The van der Waals surface area contributed by atoms with Gasteiger partial charge in [-0.2, -0.15) is 0 Å². The second-order valence-corrected chi connectivity index (χ2v) is 14.1. The molecular weight excluding hydrogens is 507 g/mol. The minimum atomic E-state index is -2.38. The second-order valence-electron chi connectivity index (χ2n) is 8.00. The maximum Gasteiger partial charge on any atom is -1.00 e. The Morgan fingerprint density at radius 3 is 1.44 bits per heavy atom. The van der Waals surface area contributed by atoms with Gasteiger partial charge in [-0.25, -0.2) is 0 Å². The van der Waals surface area contributed by atoms with Crippen LogP contribution in [0.2, 0.25) is 3.34 Å². The standard InChI is InChI=1S/C27H27Si.3ClH.Ti/c1-3-22(2)23-19-20-27(21-23)28(24-13-7-4-8-14-24,25-15-9-5-10-16-25)26-17-11-6-12-18-26;;;;/h4-22H,3H2,1-2H3;3*1H;/q;;;;+3/p-3. The van der Waals surface area contributed by atoms with Crippen molar-refractivity contribution < 1.29 is 57.7 Å². The molecule has 3 aromatic carbocycles. The van der Waals surface area contributed by atoms with Crippen molar-refractivity contribution in [2.24, 2.45) is 5.92 Å². The zero-order valence-electron chi connectivity index (χ0n) is 18.3. The third-order valence-electron chi connectivity index (χ3n) is 6.36. The Morgan fingerprint density at radius 1 is 0.719 bits per heavy atom. The number of hydrogen-bond acceptors (Lipinski definition) is 0. The van der Waals surface area contributed by atoms with E-state index in [0.29, 0.717) is 5.92 Å². The maximum atomic E-state index is 2.58. The van der Waals surface area contributed by atoms with Gasteiger partial charge in [-0.15, -0.1) is 0 Å². The average molecular weight is 534 g/mol. The van der Waals surface area contributed by atoms with Crippen molar-refractivity contribution in [3.63, 3.8) is 0 Å². The van der Waals surface area contributed by atoms with Crippen molar-refractivity contribution in [3.05, 3.63) is 115 Å². The van der Waals surface area contributed by atoms with Crippen molar-refractivity contribution in [1.29, 1.82) is 0 Å². The molecule has 5 heteroatoms. The Bertz CT molecular complexity index is 926. The van der Waals surface area contributed by atoms with Crippen molar-refractivity contribution in [2.75, 3.05) is 0 Å². The van der Waals surface area contributed by atoms with Crippen LogP contribution in [0.5, 0.6) is 0 Å². The Balaban J connectivity index is 0.00000171. The molecule has 3 aromatic rings. The summed E-state index contributed by atoms with van der Waals surface area (Å²) >= 11 is 2.46. The largest absolute Gasteiger partial charge is 1.00 e. The summed E-state index contributed by atoms with van der Waals surface area (Å²) < 4.78 is -0.0319. The Kier molecular flexibility index (Phi) is 11.2. The van der Waals surface area contributed by atoms with Crippen molar-refractivity contribution >= 4 is 23.6 Å². The van der Waals surface area contributed by atoms with Crippen molar-refractivity contribution in [1.82, 2.24) is 0 Å². The molecule has 0 nitrogen and oxygen atoms in total. The number of halogens is 3. The van der Waals surface area contributed by atoms with E-state index in [4.69, 9.17) is 0 Å². The summed E-state index contributed by atoms with van der Waals surface area (Å²) in [5.41, 5.74) is 1.48. The van der Waals surface area contributed by atoms with E-state index in [-0.39, 0.29) is 40.6 Å². The first kappa shape index (κ1) is 29.0. The second kappa shape index (κ2) is 12.4. The van der Waals surface area contributed by atoms with Gasteiger partial charge in [0.25, 0.3) is 0 Å². The van der Waals surface area contributed by atoms with Crippen molar-refractivity contribution in [3.8, 4) is 0 Å². The van der Waals surface area contributed by atoms with Gasteiger partial charge in [-0.1, -0.05) is 0 Å². The van der Waals surface area contributed by atoms with Crippen molar-refractivity contribution in [2.45, 2.75) is 23.6 Å². The molecule has 2 atom stereocenters. The number of rotatable bonds is 6. The number of hydrogen-bond donors (Lipinski definition) is 0. The fourth-order valence-corrected chi connectivity index (χ4v) is 12.3. The van der Waals surface area contributed by atoms with Gasteiger partial charge in [0, 0.05) is 0 Å². The Labute approximate surface area is 224 Å². The Hall–Kier alpha value is -1.06. The predicted octanol–water partition coefficient (Wildman–Crippen LogP) is -4.04. The van der Waals surface area contributed by atoms with Crippen LogP contribution in [-0.4, -0.2) is 8.07 Å². The van der Waals surface area contributed by atoms with E-state index >= 15 is 0 Å². The zero-order chi connectivity index (χ0) is 20.3. The molecule has 2 unspecified atom stereocenters. The smallest absolute Gasteiger partial charge is 1.00 e. The van der Waals surface area contributed by atoms with Crippen LogP contribution in [0.25, 0.3) is 0 Å². The van der Waals surface area contributed by atoms with Gasteiger partial charge in [0.15, 0.2) is 0 Å². The van der Waals surface area contributed by atoms with Crippen LogP contribution in [0.15, 0.2) is 115 Å². The summed E-state index contributed by atoms with van der Waals surface area (Å²) in [6.45, 7) is 4.63. The molecule has 0 amide bonds. The first-order valence-electron chi connectivity index (χ1n) is 10.5. The monoisotopic (exact) mass is 532 g/mol. The molecule has 0 saturated carbocycles. The van der Waals surface area contributed by atoms with Crippen LogP contribution in [0.1, 0.15) is 20.3 Å². The van der Waals surface area contributed by atoms with Crippen LogP contribution in [0, 0.1) is 5.92 Å². The van der Waals surface area contributed by atoms with Gasteiger partial charge in [0.1, 0.15) is 0 Å². The fourth-order valence-electron chi connectivity index (χ4n) is 4.64. The van der Waals surface area contributed by atoms with Crippen LogP contribution in [0.3, 0.4) is 0 Å². The molecule has 0 radical (unpaired) electrons. The van der Waals surface area contributed by atoms with E-state index in [2.05, 4.69) is 144 Å². The van der Waals surface area contributed by atoms with E-state index in [1.54, 1.807) is 0 Å². The van der Waals surface area contributed by atoms with Crippen LogP contribution < -0.4 is 52.8 Å². The number of allylic oxidation sites excluding steroid dienone is 4. The molecule has 1 aliphatic carbocycles. The molecule has 0 aliphatic heterocycles. The van der Waals surface area contributed by atoms with E-state index in [9.17, 15) is 0 Å². The maximum absolute atomic E-state index is 2.58. The third kappa shape index (κ3) is 5.04. The fraction of sp³-hybridized carbons (Fsp3) is 0.185. The van der Waals surface area contributed by atoms with Gasteiger partial charge in [0.05, 0.1) is 0 Å². The normalized spacial score (nSPS) is 17.9. The summed E-state index contributed by atoms with van der Waals surface area (Å²) in [7, 11) is -2.38. The summed E-state index contributed by atoms with van der Waals surface area (Å²) in [4.78, 5) is 0. The molecule has 164 valence electrons. The molecule has 0 N–H and O–H groups in total. The van der Waals surface area contributed by atoms with Crippen LogP contribution >= 0.6 is 0 Å². The van der Waals surface area contributed by atoms with E-state index in [0.717, 1.165) is 0 Å². The number of benzene rings is 3. The average Bonchev–Trinajstić information content (AvgIpc) is 3.19. The molecule has 32 heavy (non-hydrogen) atoms. The van der Waals surface area contributed by atoms with E-state index in [1.165, 1.54) is 27.6 Å². The molecule has 0 fully saturated rings. The SMILES string of the molecule is CCC(C)C1=C[C]([Ti+3])([Si](c2ccccc2)(c2ccccc2)c2ccccc2)C=C1.[Cl-].[Cl-].[Cl-]. The molecule has 0 aromatic heterocycles. The topological polar surface area (TPSA) is 0 Å². The third-order valence-corrected chi connectivity index (χ3v) is 13.7. The summed E-state index contributed by atoms with van der Waals surface area (Å²) in [6.07, 6.45) is 8.64. The predicted molar refractivity (Wildman–Crippen MR) is 123 cm³/mol. The van der Waals surface area contributed by atoms with Gasteiger partial charge in [0.2, 0.25) is 0 Å². The van der Waals surface area contributed by atoms with Gasteiger partial charge in [-0.3, -0.25) is 0 Å². The van der Waals surface area contributed by atoms with Gasteiger partial charge >= 0.3 is 188 Å². The zero-order valence-corrected chi connectivity index (χ0v) is 23.1. The minimum absolute atomic E-state index is 0. The molecule has 0 spiro atoms. The molecule has 4 rings (SSSR count). The first-order chi connectivity index (χ1) is 14.1. The molecular formula is C27H27Cl3SiTi. The molecule has 0 heterocycles. The molecule has 1 aliphatic rings. The van der Waals surface area contributed by atoms with E-state index < -0.39 is 8.07 Å². The first-order valence-corrected chi connectivity index (χ1v) is 13.2. The van der Waals surface area contributed by atoms with Crippen LogP contribution in [-0.2, 0) is 20.4 Å². The summed E-state index contributed by atoms with van der Waals surface area (Å²) in [5.74, 6) is 0.585. The Morgan fingerprint density at radius 2 is 1.09 bits per heavy atom. The van der Waals surface area contributed by atoms with Crippen LogP contribution in [0.4, 0.5) is 0 Å². The van der Waals surface area contributed by atoms with E-state index in [1.807, 2.05) is 0 Å².